The molecule has 0 aliphatic heterocycles. The molecule has 0 heterocycles. The van der Waals surface area contributed by atoms with Crippen LogP contribution in [0.25, 0.3) is 0 Å². The zero-order chi connectivity index (χ0) is 15.1. The summed E-state index contributed by atoms with van der Waals surface area (Å²) in [7, 11) is 0. The SMILES string of the molecule is Cc1cccc(NC(=O)CNC(C)C(=O)NC(C)C)c1. The van der Waals surface area contributed by atoms with E-state index in [2.05, 4.69) is 16.0 Å². The molecule has 20 heavy (non-hydrogen) atoms. The van der Waals surface area contributed by atoms with Crippen LogP contribution in [0.5, 0.6) is 0 Å². The molecule has 0 fully saturated rings. The Kier molecular flexibility index (Phi) is 6.18. The molecule has 0 aliphatic carbocycles. The Morgan fingerprint density at radius 2 is 1.90 bits per heavy atom. The molecule has 0 saturated heterocycles. The Bertz CT molecular complexity index is 472. The molecule has 3 N–H and O–H groups in total. The Hall–Kier alpha value is -1.88. The van der Waals surface area contributed by atoms with Crippen LogP contribution >= 0.6 is 0 Å². The first-order chi connectivity index (χ1) is 9.38. The highest BCUT2D eigenvalue weighted by molar-refractivity contribution is 5.92. The summed E-state index contributed by atoms with van der Waals surface area (Å²) in [6.07, 6.45) is 0. The number of anilines is 1. The third-order valence-electron chi connectivity index (χ3n) is 2.69. The van der Waals surface area contributed by atoms with Gasteiger partial charge < -0.3 is 10.6 Å². The van der Waals surface area contributed by atoms with Crippen LogP contribution in [0.1, 0.15) is 26.3 Å². The van der Waals surface area contributed by atoms with Gasteiger partial charge in [0.1, 0.15) is 0 Å². The van der Waals surface area contributed by atoms with Crippen molar-refractivity contribution in [2.24, 2.45) is 0 Å². The van der Waals surface area contributed by atoms with Gasteiger partial charge in [-0.15, -0.1) is 0 Å². The summed E-state index contributed by atoms with van der Waals surface area (Å²) in [6, 6.07) is 7.27. The van der Waals surface area contributed by atoms with Crippen LogP contribution in [0.3, 0.4) is 0 Å². The number of aryl methyl sites for hydroxylation is 1. The molecule has 1 atom stereocenters. The van der Waals surface area contributed by atoms with Crippen LogP contribution in [0.15, 0.2) is 24.3 Å². The molecule has 1 unspecified atom stereocenters. The van der Waals surface area contributed by atoms with Crippen molar-refractivity contribution in [2.45, 2.75) is 39.8 Å². The summed E-state index contributed by atoms with van der Waals surface area (Å²) in [6.45, 7) is 7.59. The zero-order valence-corrected chi connectivity index (χ0v) is 12.5. The molecule has 0 bridgehead atoms. The van der Waals surface area contributed by atoms with Gasteiger partial charge in [0, 0.05) is 11.7 Å². The Balaban J connectivity index is 2.38. The molecule has 0 radical (unpaired) electrons. The maximum absolute atomic E-state index is 11.8. The van der Waals surface area contributed by atoms with Crippen LogP contribution in [-0.2, 0) is 9.59 Å². The molecule has 110 valence electrons. The van der Waals surface area contributed by atoms with Crippen molar-refractivity contribution in [3.05, 3.63) is 29.8 Å². The van der Waals surface area contributed by atoms with Crippen LogP contribution in [-0.4, -0.2) is 30.4 Å². The number of hydrogen-bond acceptors (Lipinski definition) is 3. The highest BCUT2D eigenvalue weighted by Gasteiger charge is 2.14. The van der Waals surface area contributed by atoms with Gasteiger partial charge in [-0.3, -0.25) is 14.9 Å². The smallest absolute Gasteiger partial charge is 0.238 e. The van der Waals surface area contributed by atoms with Gasteiger partial charge >= 0.3 is 0 Å². The van der Waals surface area contributed by atoms with Crippen molar-refractivity contribution in [3.8, 4) is 0 Å². The number of rotatable bonds is 6. The van der Waals surface area contributed by atoms with E-state index in [0.29, 0.717) is 0 Å². The van der Waals surface area contributed by atoms with Gasteiger partial charge in [-0.1, -0.05) is 12.1 Å². The second-order valence-electron chi connectivity index (χ2n) is 5.18. The minimum absolute atomic E-state index is 0.0906. The molecule has 0 aromatic heterocycles. The fourth-order valence-electron chi connectivity index (χ4n) is 1.68. The van der Waals surface area contributed by atoms with Crippen molar-refractivity contribution in [2.75, 3.05) is 11.9 Å². The summed E-state index contributed by atoms with van der Waals surface area (Å²) in [5.41, 5.74) is 1.84. The highest BCUT2D eigenvalue weighted by atomic mass is 16.2. The molecule has 1 rings (SSSR count). The molecule has 0 aliphatic rings. The maximum Gasteiger partial charge on any atom is 0.238 e. The second kappa shape index (κ2) is 7.65. The van der Waals surface area contributed by atoms with Crippen LogP contribution in [0.4, 0.5) is 5.69 Å². The van der Waals surface area contributed by atoms with E-state index in [1.165, 1.54) is 0 Å². The fraction of sp³-hybridized carbons (Fsp3) is 0.467. The van der Waals surface area contributed by atoms with Gasteiger partial charge in [-0.2, -0.15) is 0 Å². The monoisotopic (exact) mass is 277 g/mol. The van der Waals surface area contributed by atoms with Crippen molar-refractivity contribution >= 4 is 17.5 Å². The minimum Gasteiger partial charge on any atom is -0.353 e. The van der Waals surface area contributed by atoms with Gasteiger partial charge in [0.05, 0.1) is 12.6 Å². The predicted octanol–water partition coefficient (Wildman–Crippen LogP) is 1.44. The summed E-state index contributed by atoms with van der Waals surface area (Å²) in [5.74, 6) is -0.275. The van der Waals surface area contributed by atoms with Gasteiger partial charge in [-0.05, 0) is 45.4 Å². The second-order valence-corrected chi connectivity index (χ2v) is 5.18. The van der Waals surface area contributed by atoms with E-state index in [0.717, 1.165) is 11.3 Å². The number of hydrogen-bond donors (Lipinski definition) is 3. The fourth-order valence-corrected chi connectivity index (χ4v) is 1.68. The van der Waals surface area contributed by atoms with Crippen molar-refractivity contribution in [1.82, 2.24) is 10.6 Å². The Morgan fingerprint density at radius 3 is 2.50 bits per heavy atom. The molecular formula is C15H23N3O2. The normalized spacial score (nSPS) is 12.1. The van der Waals surface area contributed by atoms with Crippen LogP contribution in [0.2, 0.25) is 0 Å². The molecule has 1 aromatic rings. The van der Waals surface area contributed by atoms with Crippen LogP contribution < -0.4 is 16.0 Å². The first-order valence-electron chi connectivity index (χ1n) is 6.78. The average molecular weight is 277 g/mol. The van der Waals surface area contributed by atoms with E-state index in [4.69, 9.17) is 0 Å². The molecule has 5 heteroatoms. The van der Waals surface area contributed by atoms with Gasteiger partial charge in [0.15, 0.2) is 0 Å². The number of benzene rings is 1. The minimum atomic E-state index is -0.402. The van der Waals surface area contributed by atoms with Gasteiger partial charge in [0.25, 0.3) is 0 Å². The Labute approximate surface area is 120 Å². The van der Waals surface area contributed by atoms with Crippen molar-refractivity contribution in [1.29, 1.82) is 0 Å². The third-order valence-corrected chi connectivity index (χ3v) is 2.69. The number of nitrogens with one attached hydrogen (secondary N) is 3. The molecule has 2 amide bonds. The average Bonchev–Trinajstić information content (AvgIpc) is 2.35. The third kappa shape index (κ3) is 5.84. The standard InChI is InChI=1S/C15H23N3O2/c1-10(2)17-15(20)12(4)16-9-14(19)18-13-7-5-6-11(3)8-13/h5-8,10,12,16H,9H2,1-4H3,(H,17,20)(H,18,19). The van der Waals surface area contributed by atoms with Gasteiger partial charge in [0.2, 0.25) is 11.8 Å². The first-order valence-corrected chi connectivity index (χ1v) is 6.78. The largest absolute Gasteiger partial charge is 0.353 e. The maximum atomic E-state index is 11.8. The van der Waals surface area contributed by atoms with Gasteiger partial charge in [-0.25, -0.2) is 0 Å². The highest BCUT2D eigenvalue weighted by Crippen LogP contribution is 2.08. The molecule has 5 nitrogen and oxygen atoms in total. The summed E-state index contributed by atoms with van der Waals surface area (Å²) >= 11 is 0. The Morgan fingerprint density at radius 1 is 1.20 bits per heavy atom. The lowest BCUT2D eigenvalue weighted by atomic mass is 10.2. The number of carbonyl (C=O) groups excluding carboxylic acids is 2. The molecule has 0 saturated carbocycles. The lowest BCUT2D eigenvalue weighted by Crippen LogP contribution is -2.46. The summed E-state index contributed by atoms with van der Waals surface area (Å²) < 4.78 is 0. The van der Waals surface area contributed by atoms with Crippen LogP contribution in [0, 0.1) is 6.92 Å². The zero-order valence-electron chi connectivity index (χ0n) is 12.5. The van der Waals surface area contributed by atoms with E-state index < -0.39 is 6.04 Å². The number of carbonyl (C=O) groups is 2. The predicted molar refractivity (Wildman–Crippen MR) is 80.6 cm³/mol. The van der Waals surface area contributed by atoms with Crippen molar-refractivity contribution in [3.63, 3.8) is 0 Å². The van der Waals surface area contributed by atoms with E-state index in [1.54, 1.807) is 6.92 Å². The lowest BCUT2D eigenvalue weighted by Gasteiger charge is -2.15. The summed E-state index contributed by atoms with van der Waals surface area (Å²) in [5, 5.41) is 8.47. The van der Waals surface area contributed by atoms with E-state index in [9.17, 15) is 9.59 Å². The van der Waals surface area contributed by atoms with E-state index >= 15 is 0 Å². The molecule has 0 spiro atoms. The quantitative estimate of drug-likeness (QED) is 0.737. The first kappa shape index (κ1) is 16.2. The molecular weight excluding hydrogens is 254 g/mol. The lowest BCUT2D eigenvalue weighted by molar-refractivity contribution is -0.123. The number of amides is 2. The topological polar surface area (TPSA) is 70.2 Å². The molecule has 1 aromatic carbocycles. The van der Waals surface area contributed by atoms with E-state index in [-0.39, 0.29) is 24.4 Å². The summed E-state index contributed by atoms with van der Waals surface area (Å²) in [4.78, 5) is 23.4. The van der Waals surface area contributed by atoms with E-state index in [1.807, 2.05) is 45.0 Å². The van der Waals surface area contributed by atoms with Crippen molar-refractivity contribution < 1.29 is 9.59 Å².